The number of ether oxygens (including phenoxy) is 1. The Balaban J connectivity index is 1.31. The molecule has 0 spiro atoms. The lowest BCUT2D eigenvalue weighted by Crippen LogP contribution is -2.45. The summed E-state index contributed by atoms with van der Waals surface area (Å²) in [5.41, 5.74) is 7.00. The lowest BCUT2D eigenvalue weighted by Gasteiger charge is -2.34. The second kappa shape index (κ2) is 8.39. The van der Waals surface area contributed by atoms with E-state index >= 15 is 0 Å². The van der Waals surface area contributed by atoms with Gasteiger partial charge in [-0.15, -0.1) is 4.80 Å². The number of aryl methyl sites for hydroxylation is 2. The van der Waals surface area contributed by atoms with E-state index in [1.54, 1.807) is 6.20 Å². The monoisotopic (exact) mass is 443 g/mol. The highest BCUT2D eigenvalue weighted by Gasteiger charge is 2.28. The zero-order valence-corrected chi connectivity index (χ0v) is 18.9. The van der Waals surface area contributed by atoms with E-state index < -0.39 is 0 Å². The van der Waals surface area contributed by atoms with E-state index in [9.17, 15) is 10.1 Å². The predicted octanol–water partition coefficient (Wildman–Crippen LogP) is 2.28. The molecule has 1 N–H and O–H groups in total. The number of hydrogen-bond donors (Lipinski definition) is 1. The van der Waals surface area contributed by atoms with Crippen LogP contribution in [0.2, 0.25) is 0 Å². The number of carbonyl (C=O) groups excluding carboxylic acids is 1. The maximum absolute atomic E-state index is 11.9. The zero-order chi connectivity index (χ0) is 23.1. The second-order valence-corrected chi connectivity index (χ2v) is 8.62. The first kappa shape index (κ1) is 21.2. The van der Waals surface area contributed by atoms with E-state index in [2.05, 4.69) is 38.4 Å². The standard InChI is InChI=1S/C24H25N7O2/c1-14-8-23(28-16(3)20(14)9-25)31-27-10-17(29-31)11-30-7-6-26-22(12-30)18-4-5-19-21(15(18)2)13-33-24(19)32/h4-5,8,10,22,26H,6-7,11-13H2,1-3H3/t22-/m0/s1. The molecular formula is C24H25N7O2. The van der Waals surface area contributed by atoms with Crippen LogP contribution in [0.25, 0.3) is 5.82 Å². The first-order chi connectivity index (χ1) is 15.9. The molecule has 1 saturated heterocycles. The maximum Gasteiger partial charge on any atom is 0.338 e. The molecule has 9 heteroatoms. The van der Waals surface area contributed by atoms with Crippen LogP contribution in [0.15, 0.2) is 24.4 Å². The third-order valence-corrected chi connectivity index (χ3v) is 6.47. The molecule has 2 aliphatic heterocycles. The molecule has 1 fully saturated rings. The fourth-order valence-electron chi connectivity index (χ4n) is 4.70. The SMILES string of the molecule is Cc1cc(-n2ncc(CN3CCN[C@H](c4ccc5c(c4C)COC5=O)C3)n2)nc(C)c1C#N. The molecule has 168 valence electrons. The summed E-state index contributed by atoms with van der Waals surface area (Å²) in [5, 5.41) is 21.9. The Labute approximate surface area is 192 Å². The van der Waals surface area contributed by atoms with Crippen LogP contribution in [0.4, 0.5) is 0 Å². The predicted molar refractivity (Wildman–Crippen MR) is 120 cm³/mol. The average Bonchev–Trinajstić information content (AvgIpc) is 3.41. The van der Waals surface area contributed by atoms with Gasteiger partial charge in [0, 0.05) is 37.8 Å². The molecule has 3 aromatic rings. The van der Waals surface area contributed by atoms with Crippen LogP contribution in [0.3, 0.4) is 0 Å². The number of fused-ring (bicyclic) bond motifs is 1. The van der Waals surface area contributed by atoms with E-state index in [0.717, 1.165) is 42.0 Å². The van der Waals surface area contributed by atoms with Gasteiger partial charge in [-0.1, -0.05) is 6.07 Å². The van der Waals surface area contributed by atoms with Crippen molar-refractivity contribution in [3.05, 3.63) is 69.2 Å². The summed E-state index contributed by atoms with van der Waals surface area (Å²) in [7, 11) is 0. The van der Waals surface area contributed by atoms with Crippen LogP contribution in [0.1, 0.15) is 55.6 Å². The van der Waals surface area contributed by atoms with Gasteiger partial charge in [0.2, 0.25) is 0 Å². The van der Waals surface area contributed by atoms with E-state index in [1.165, 1.54) is 10.4 Å². The fraction of sp³-hybridized carbons (Fsp3) is 0.375. The van der Waals surface area contributed by atoms with Crippen molar-refractivity contribution in [2.24, 2.45) is 0 Å². The van der Waals surface area contributed by atoms with Gasteiger partial charge in [-0.05, 0) is 49.6 Å². The molecule has 1 atom stereocenters. The normalized spacial score (nSPS) is 18.1. The first-order valence-corrected chi connectivity index (χ1v) is 11.0. The lowest BCUT2D eigenvalue weighted by atomic mass is 9.93. The van der Waals surface area contributed by atoms with Crippen molar-refractivity contribution in [3.8, 4) is 11.9 Å². The summed E-state index contributed by atoms with van der Waals surface area (Å²) in [5.74, 6) is 0.377. The number of piperazine rings is 1. The molecule has 5 rings (SSSR count). The molecule has 1 aromatic carbocycles. The summed E-state index contributed by atoms with van der Waals surface area (Å²) >= 11 is 0. The number of aromatic nitrogens is 4. The molecule has 2 aromatic heterocycles. The highest BCUT2D eigenvalue weighted by atomic mass is 16.5. The minimum absolute atomic E-state index is 0.167. The number of esters is 1. The minimum atomic E-state index is -0.233. The van der Waals surface area contributed by atoms with Gasteiger partial charge in [0.25, 0.3) is 0 Å². The van der Waals surface area contributed by atoms with Crippen LogP contribution in [0, 0.1) is 32.1 Å². The van der Waals surface area contributed by atoms with Crippen LogP contribution in [-0.2, 0) is 17.9 Å². The zero-order valence-electron chi connectivity index (χ0n) is 18.9. The minimum Gasteiger partial charge on any atom is -0.457 e. The molecule has 0 saturated carbocycles. The Kier molecular flexibility index (Phi) is 5.40. The summed E-state index contributed by atoms with van der Waals surface area (Å²) in [6.07, 6.45) is 1.77. The van der Waals surface area contributed by atoms with Crippen molar-refractivity contribution in [3.63, 3.8) is 0 Å². The lowest BCUT2D eigenvalue weighted by molar-refractivity contribution is 0.0535. The van der Waals surface area contributed by atoms with Gasteiger partial charge in [0.15, 0.2) is 5.82 Å². The van der Waals surface area contributed by atoms with Crippen molar-refractivity contribution in [2.45, 2.75) is 40.0 Å². The molecule has 2 aliphatic rings. The Bertz CT molecular complexity index is 1270. The molecule has 0 unspecified atom stereocenters. The van der Waals surface area contributed by atoms with Gasteiger partial charge in [0.05, 0.1) is 28.7 Å². The van der Waals surface area contributed by atoms with Gasteiger partial charge >= 0.3 is 5.97 Å². The summed E-state index contributed by atoms with van der Waals surface area (Å²) in [4.78, 5) is 20.2. The van der Waals surface area contributed by atoms with Crippen molar-refractivity contribution in [1.29, 1.82) is 5.26 Å². The van der Waals surface area contributed by atoms with Gasteiger partial charge in [-0.3, -0.25) is 4.90 Å². The van der Waals surface area contributed by atoms with Crippen molar-refractivity contribution < 1.29 is 9.53 Å². The molecule has 33 heavy (non-hydrogen) atoms. The topological polar surface area (TPSA) is 109 Å². The molecule has 0 amide bonds. The van der Waals surface area contributed by atoms with Gasteiger partial charge < -0.3 is 10.1 Å². The van der Waals surface area contributed by atoms with Gasteiger partial charge in [-0.25, -0.2) is 9.78 Å². The van der Waals surface area contributed by atoms with Crippen molar-refractivity contribution >= 4 is 5.97 Å². The first-order valence-electron chi connectivity index (χ1n) is 11.0. The number of hydrogen-bond acceptors (Lipinski definition) is 8. The van der Waals surface area contributed by atoms with Crippen LogP contribution < -0.4 is 5.32 Å². The van der Waals surface area contributed by atoms with E-state index in [1.807, 2.05) is 32.0 Å². The van der Waals surface area contributed by atoms with E-state index in [4.69, 9.17) is 4.74 Å². The highest BCUT2D eigenvalue weighted by molar-refractivity contribution is 5.94. The Morgan fingerprint density at radius 3 is 2.94 bits per heavy atom. The van der Waals surface area contributed by atoms with Gasteiger partial charge in [-0.2, -0.15) is 15.5 Å². The number of nitriles is 1. The van der Waals surface area contributed by atoms with Crippen molar-refractivity contribution in [1.82, 2.24) is 30.2 Å². The number of rotatable bonds is 4. The number of nitrogens with zero attached hydrogens (tertiary/aromatic N) is 6. The highest BCUT2D eigenvalue weighted by Crippen LogP contribution is 2.30. The summed E-state index contributed by atoms with van der Waals surface area (Å²) in [6.45, 7) is 9.41. The Hall–Kier alpha value is -3.61. The molecular weight excluding hydrogens is 418 g/mol. The van der Waals surface area contributed by atoms with Gasteiger partial charge in [0.1, 0.15) is 12.7 Å². The average molecular weight is 444 g/mol. The third-order valence-electron chi connectivity index (χ3n) is 6.47. The maximum atomic E-state index is 11.9. The molecule has 0 aliphatic carbocycles. The number of carbonyl (C=O) groups is 1. The number of cyclic esters (lactones) is 1. The quantitative estimate of drug-likeness (QED) is 0.612. The number of pyridine rings is 1. The van der Waals surface area contributed by atoms with E-state index in [0.29, 0.717) is 35.8 Å². The molecule has 0 radical (unpaired) electrons. The summed E-state index contributed by atoms with van der Waals surface area (Å²) < 4.78 is 5.20. The fourth-order valence-corrected chi connectivity index (χ4v) is 4.70. The Morgan fingerprint density at radius 1 is 1.30 bits per heavy atom. The summed E-state index contributed by atoms with van der Waals surface area (Å²) in [6, 6.07) is 8.12. The molecule has 9 nitrogen and oxygen atoms in total. The second-order valence-electron chi connectivity index (χ2n) is 8.62. The smallest absolute Gasteiger partial charge is 0.338 e. The number of benzene rings is 1. The largest absolute Gasteiger partial charge is 0.457 e. The van der Waals surface area contributed by atoms with Crippen LogP contribution in [-0.4, -0.2) is 50.5 Å². The van der Waals surface area contributed by atoms with E-state index in [-0.39, 0.29) is 12.0 Å². The van der Waals surface area contributed by atoms with Crippen LogP contribution in [0.5, 0.6) is 0 Å². The van der Waals surface area contributed by atoms with Crippen LogP contribution >= 0.6 is 0 Å². The Morgan fingerprint density at radius 2 is 2.15 bits per heavy atom. The molecule has 0 bridgehead atoms. The third kappa shape index (κ3) is 3.88. The van der Waals surface area contributed by atoms with Crippen molar-refractivity contribution in [2.75, 3.05) is 19.6 Å². The molecule has 4 heterocycles. The number of nitrogens with one attached hydrogen (secondary N) is 1.